The molecule has 1 aliphatic heterocycles. The quantitative estimate of drug-likeness (QED) is 0.142. The normalized spacial score (nSPS) is 13.9. The van der Waals surface area contributed by atoms with Crippen molar-refractivity contribution in [3.05, 3.63) is 106 Å². The van der Waals surface area contributed by atoms with E-state index in [4.69, 9.17) is 9.47 Å². The number of nitrogens with zero attached hydrogens (tertiary/aromatic N) is 3. The lowest BCUT2D eigenvalue weighted by atomic mass is 9.93. The maximum atomic E-state index is 15.3. The number of fused-ring (bicyclic) bond motifs is 1. The molecule has 3 amide bonds. The zero-order valence-electron chi connectivity index (χ0n) is 31.7. The Morgan fingerprint density at radius 2 is 1.52 bits per heavy atom. The van der Waals surface area contributed by atoms with Crippen LogP contribution in [-0.2, 0) is 38.8 Å². The number of halogens is 1. The minimum Gasteiger partial charge on any atom is -0.477 e. The number of anilines is 2. The number of ether oxygens (including phenoxy) is 2. The number of carbonyl (C=O) groups is 5. The molecule has 1 saturated heterocycles. The van der Waals surface area contributed by atoms with Crippen LogP contribution in [0.3, 0.4) is 0 Å². The number of Topliss-reactive ketones (excluding diaryl/α,β-unsaturated/α-hetero) is 1. The predicted molar refractivity (Wildman–Crippen MR) is 207 cm³/mol. The number of benzene rings is 3. The summed E-state index contributed by atoms with van der Waals surface area (Å²) in [4.78, 5) is 78.9. The van der Waals surface area contributed by atoms with Gasteiger partial charge in [-0.05, 0) is 48.2 Å². The molecule has 56 heavy (non-hydrogen) atoms. The first-order chi connectivity index (χ1) is 26.7. The van der Waals surface area contributed by atoms with E-state index in [1.807, 2.05) is 30.3 Å². The number of pyridine rings is 1. The smallest absolute Gasteiger partial charge is 0.410 e. The van der Waals surface area contributed by atoms with Crippen LogP contribution in [0.25, 0.3) is 10.9 Å². The first kappa shape index (κ1) is 40.9. The van der Waals surface area contributed by atoms with Gasteiger partial charge in [0.15, 0.2) is 5.78 Å². The Hall–Kier alpha value is -6.25. The molecule has 14 nitrogen and oxygen atoms in total. The van der Waals surface area contributed by atoms with Crippen molar-refractivity contribution >= 4 is 52.1 Å². The van der Waals surface area contributed by atoms with Crippen molar-refractivity contribution in [3.8, 4) is 0 Å². The molecular weight excluding hydrogens is 725 g/mol. The van der Waals surface area contributed by atoms with E-state index in [9.17, 15) is 33.9 Å². The van der Waals surface area contributed by atoms with Crippen LogP contribution in [-0.4, -0.2) is 76.6 Å². The fourth-order valence-corrected chi connectivity index (χ4v) is 6.40. The van der Waals surface area contributed by atoms with Gasteiger partial charge < -0.3 is 39.6 Å². The number of nitrogens with one attached hydrogen (secondary N) is 2. The summed E-state index contributed by atoms with van der Waals surface area (Å²) in [6.45, 7) is 8.55. The van der Waals surface area contributed by atoms with E-state index in [1.54, 1.807) is 61.4 Å². The van der Waals surface area contributed by atoms with Gasteiger partial charge in [0.05, 0.1) is 17.2 Å². The van der Waals surface area contributed by atoms with Gasteiger partial charge in [-0.3, -0.25) is 14.4 Å². The molecule has 15 heteroatoms. The van der Waals surface area contributed by atoms with E-state index in [1.165, 1.54) is 17.2 Å². The molecule has 0 unspecified atom stereocenters. The van der Waals surface area contributed by atoms with Crippen LogP contribution in [0.2, 0.25) is 0 Å². The highest BCUT2D eigenvalue weighted by Gasteiger charge is 2.29. The van der Waals surface area contributed by atoms with Gasteiger partial charge in [-0.1, -0.05) is 63.2 Å². The van der Waals surface area contributed by atoms with E-state index < -0.39 is 46.9 Å². The van der Waals surface area contributed by atoms with Crippen LogP contribution in [0.5, 0.6) is 0 Å². The highest BCUT2D eigenvalue weighted by Crippen LogP contribution is 2.27. The summed E-state index contributed by atoms with van der Waals surface area (Å²) < 4.78 is 27.6. The number of alkyl carbamates (subject to hydrolysis) is 1. The van der Waals surface area contributed by atoms with Gasteiger partial charge in [-0.2, -0.15) is 0 Å². The Morgan fingerprint density at radius 3 is 2.14 bits per heavy atom. The molecule has 3 N–H and O–H groups in total. The number of piperazine rings is 1. The fraction of sp³-hybridized carbons (Fsp3) is 0.366. The number of carboxylic acids is 1. The molecule has 296 valence electrons. The van der Waals surface area contributed by atoms with E-state index in [-0.39, 0.29) is 61.4 Å². The summed E-state index contributed by atoms with van der Waals surface area (Å²) in [5, 5.41) is 14.8. The molecule has 0 spiro atoms. The number of aromatic carboxylic acids is 1. The molecule has 1 fully saturated rings. The van der Waals surface area contributed by atoms with Crippen molar-refractivity contribution in [3.63, 3.8) is 0 Å². The zero-order valence-corrected chi connectivity index (χ0v) is 31.7. The lowest BCUT2D eigenvalue weighted by molar-refractivity contribution is -0.127. The average Bonchev–Trinajstić information content (AvgIpc) is 3.19. The first-order valence-electron chi connectivity index (χ1n) is 18.4. The molecule has 0 bridgehead atoms. The second-order valence-corrected chi connectivity index (χ2v) is 14.0. The predicted octanol–water partition coefficient (Wildman–Crippen LogP) is 5.80. The maximum absolute atomic E-state index is 15.3. The fourth-order valence-electron chi connectivity index (χ4n) is 6.40. The largest absolute Gasteiger partial charge is 0.477 e. The maximum Gasteiger partial charge on any atom is 0.410 e. The molecular formula is C41H46FN5O9. The summed E-state index contributed by atoms with van der Waals surface area (Å²) in [7, 11) is 0. The highest BCUT2D eigenvalue weighted by atomic mass is 19.1. The molecule has 2 heterocycles. The van der Waals surface area contributed by atoms with Crippen LogP contribution in [0.15, 0.2) is 77.7 Å². The monoisotopic (exact) mass is 771 g/mol. The molecule has 2 atom stereocenters. The Morgan fingerprint density at radius 1 is 0.875 bits per heavy atom. The second kappa shape index (κ2) is 18.4. The van der Waals surface area contributed by atoms with Crippen molar-refractivity contribution in [2.24, 2.45) is 11.8 Å². The molecule has 0 radical (unpaired) electrons. The number of hydrogen-bond donors (Lipinski definition) is 3. The number of hydrogen-bond acceptors (Lipinski definition) is 9. The van der Waals surface area contributed by atoms with Crippen molar-refractivity contribution in [2.45, 2.75) is 59.9 Å². The zero-order chi connectivity index (χ0) is 40.5. The summed E-state index contributed by atoms with van der Waals surface area (Å²) in [6.07, 6.45) is -0.0910. The van der Waals surface area contributed by atoms with Gasteiger partial charge in [-0.15, -0.1) is 0 Å². The van der Waals surface area contributed by atoms with Crippen molar-refractivity contribution in [1.82, 2.24) is 14.8 Å². The Bertz CT molecular complexity index is 2130. The molecule has 3 aromatic carbocycles. The van der Waals surface area contributed by atoms with Crippen LogP contribution in [0.4, 0.5) is 25.4 Å². The summed E-state index contributed by atoms with van der Waals surface area (Å²) in [5.74, 6) is -3.62. The summed E-state index contributed by atoms with van der Waals surface area (Å²) >= 11 is 0. The number of carboxylic acid groups (broad SMARTS) is 1. The van der Waals surface area contributed by atoms with Crippen LogP contribution >= 0.6 is 0 Å². The summed E-state index contributed by atoms with van der Waals surface area (Å²) in [5.41, 5.74) is 1.46. The average molecular weight is 772 g/mol. The third-order valence-electron chi connectivity index (χ3n) is 9.64. The number of rotatable bonds is 14. The lowest BCUT2D eigenvalue weighted by Gasteiger charge is -2.35. The molecule has 5 rings (SSSR count). The first-order valence-corrected chi connectivity index (χ1v) is 18.4. The SMILES string of the molecule is CCn1cc(C(=O)O)c(=O)c2cc(F)c(N3CCN(C(=O)OCc4ccc(NC(=O)[C@H](C)CC(=O)[C@H](NC(=O)OCc5ccccc5)C(C)C)cc4)CC3)cc21. The highest BCUT2D eigenvalue weighted by molar-refractivity contribution is 5.97. The van der Waals surface area contributed by atoms with Crippen LogP contribution in [0, 0.1) is 17.7 Å². The van der Waals surface area contributed by atoms with Gasteiger partial charge in [0.2, 0.25) is 11.3 Å². The number of aryl methyl sites for hydroxylation is 1. The number of ketones is 1. The van der Waals surface area contributed by atoms with E-state index in [2.05, 4.69) is 10.6 Å². The van der Waals surface area contributed by atoms with Crippen LogP contribution in [0.1, 0.15) is 55.6 Å². The third kappa shape index (κ3) is 10.1. The van der Waals surface area contributed by atoms with E-state index >= 15 is 4.39 Å². The lowest BCUT2D eigenvalue weighted by Crippen LogP contribution is -2.49. The molecule has 0 saturated carbocycles. The summed E-state index contributed by atoms with van der Waals surface area (Å²) in [6, 6.07) is 17.7. The van der Waals surface area contributed by atoms with Crippen molar-refractivity contribution in [2.75, 3.05) is 36.4 Å². The second-order valence-electron chi connectivity index (χ2n) is 14.0. The van der Waals surface area contributed by atoms with Crippen molar-refractivity contribution in [1.29, 1.82) is 0 Å². The minimum absolute atomic E-state index is 0.0168. The third-order valence-corrected chi connectivity index (χ3v) is 9.64. The number of aromatic nitrogens is 1. The molecule has 4 aromatic rings. The molecule has 0 aliphatic carbocycles. The standard InChI is InChI=1S/C41H46FN5O9/c1-5-45-22-31(39(51)52)37(49)30-20-32(42)34(21-33(30)45)46-15-17-47(18-16-46)41(54)56-24-28-11-13-29(14-12-28)43-38(50)26(4)19-35(48)36(25(2)3)44-40(53)55-23-27-9-7-6-8-10-27/h6-14,20-22,25-26,36H,5,15-19,23-24H2,1-4H3,(H,43,50)(H,44,53)(H,51,52)/t26-,36-/m1/s1. The van der Waals surface area contributed by atoms with E-state index in [0.717, 1.165) is 11.6 Å². The molecule has 1 aromatic heterocycles. The minimum atomic E-state index is -1.38. The Labute approximate surface area is 323 Å². The topological polar surface area (TPSA) is 177 Å². The Kier molecular flexibility index (Phi) is 13.4. The van der Waals surface area contributed by atoms with E-state index in [0.29, 0.717) is 36.4 Å². The Balaban J connectivity index is 1.07. The van der Waals surface area contributed by atoms with Crippen molar-refractivity contribution < 1.29 is 42.9 Å². The number of amides is 3. The van der Waals surface area contributed by atoms with Gasteiger partial charge in [-0.25, -0.2) is 18.8 Å². The van der Waals surface area contributed by atoms with Gasteiger partial charge in [0.1, 0.15) is 24.6 Å². The molecule has 1 aliphatic rings. The van der Waals surface area contributed by atoms with Gasteiger partial charge in [0, 0.05) is 62.3 Å². The van der Waals surface area contributed by atoms with Crippen LogP contribution < -0.4 is 21.0 Å². The van der Waals surface area contributed by atoms with Gasteiger partial charge in [0.25, 0.3) is 0 Å². The number of carbonyl (C=O) groups excluding carboxylic acids is 4. The van der Waals surface area contributed by atoms with Gasteiger partial charge >= 0.3 is 18.2 Å².